The van der Waals surface area contributed by atoms with Crippen LogP contribution in [0.5, 0.6) is 0 Å². The lowest BCUT2D eigenvalue weighted by molar-refractivity contribution is 0.383. The van der Waals surface area contributed by atoms with E-state index in [-0.39, 0.29) is 0 Å². The molecule has 1 aliphatic carbocycles. The topological polar surface area (TPSA) is 55.0 Å². The minimum absolute atomic E-state index is 0.387. The Hall–Kier alpha value is -0.680. The van der Waals surface area contributed by atoms with Gasteiger partial charge in [0, 0.05) is 25.3 Å². The number of hydrogen-bond acceptors (Lipinski definition) is 4. The fraction of sp³-hybridized carbons (Fsp3) is 0.636. The third-order valence-electron chi connectivity index (χ3n) is 3.27. The molecule has 5 heteroatoms. The van der Waals surface area contributed by atoms with Crippen molar-refractivity contribution in [2.24, 2.45) is 5.73 Å². The summed E-state index contributed by atoms with van der Waals surface area (Å²) in [7, 11) is 2.09. The molecule has 1 aromatic heterocycles. The number of nitrogens with two attached hydrogens (primary N) is 1. The highest BCUT2D eigenvalue weighted by Gasteiger charge is 2.23. The molecule has 0 atom stereocenters. The Morgan fingerprint density at radius 2 is 2.06 bits per heavy atom. The first kappa shape index (κ1) is 11.8. The van der Waals surface area contributed by atoms with Crippen LogP contribution in [0.3, 0.4) is 0 Å². The molecule has 1 saturated carbocycles. The molecule has 2 rings (SSSR count). The summed E-state index contributed by atoms with van der Waals surface area (Å²) in [5.41, 5.74) is 5.91. The molecular formula is C11H17BrN4. The second-order valence-electron chi connectivity index (χ2n) is 4.37. The molecule has 88 valence electrons. The number of hydrogen-bond donors (Lipinski definition) is 1. The summed E-state index contributed by atoms with van der Waals surface area (Å²) in [5.74, 6) is 0.968. The molecule has 0 unspecified atom stereocenters. The van der Waals surface area contributed by atoms with Crippen LogP contribution in [0.15, 0.2) is 17.0 Å². The lowest BCUT2D eigenvalue weighted by atomic mass is 9.91. The first-order chi connectivity index (χ1) is 7.68. The third-order valence-corrected chi connectivity index (χ3v) is 3.83. The number of nitrogens with zero attached hydrogens (tertiary/aromatic N) is 3. The molecule has 1 heterocycles. The highest BCUT2D eigenvalue weighted by Crippen LogP contribution is 2.28. The van der Waals surface area contributed by atoms with Crippen LogP contribution < -0.4 is 10.6 Å². The minimum atomic E-state index is 0.387. The Morgan fingerprint density at radius 3 is 2.69 bits per heavy atom. The number of rotatable bonds is 2. The summed E-state index contributed by atoms with van der Waals surface area (Å²) in [5, 5.41) is 0. The molecule has 2 N–H and O–H groups in total. The average Bonchev–Trinajstić information content (AvgIpc) is 2.30. The van der Waals surface area contributed by atoms with E-state index in [2.05, 4.69) is 37.8 Å². The van der Waals surface area contributed by atoms with E-state index in [1.807, 2.05) is 0 Å². The molecule has 0 amide bonds. The number of anilines is 1. The Morgan fingerprint density at radius 1 is 1.38 bits per heavy atom. The van der Waals surface area contributed by atoms with Crippen LogP contribution >= 0.6 is 15.9 Å². The van der Waals surface area contributed by atoms with Crippen molar-refractivity contribution in [3.8, 4) is 0 Å². The van der Waals surface area contributed by atoms with E-state index < -0.39 is 0 Å². The van der Waals surface area contributed by atoms with E-state index in [4.69, 9.17) is 5.73 Å². The molecule has 0 radical (unpaired) electrons. The summed E-state index contributed by atoms with van der Waals surface area (Å²) in [6, 6.07) is 0.935. The SMILES string of the molecule is CN(c1ncncc1Br)C1CCC(N)CC1. The number of aromatic nitrogens is 2. The molecule has 1 aromatic rings. The molecule has 16 heavy (non-hydrogen) atoms. The van der Waals surface area contributed by atoms with Crippen molar-refractivity contribution in [1.29, 1.82) is 0 Å². The van der Waals surface area contributed by atoms with Crippen molar-refractivity contribution in [2.75, 3.05) is 11.9 Å². The van der Waals surface area contributed by atoms with Gasteiger partial charge in [-0.05, 0) is 41.6 Å². The van der Waals surface area contributed by atoms with E-state index >= 15 is 0 Å². The van der Waals surface area contributed by atoms with Gasteiger partial charge in [0.2, 0.25) is 0 Å². The first-order valence-electron chi connectivity index (χ1n) is 5.62. The van der Waals surface area contributed by atoms with Crippen LogP contribution in [-0.2, 0) is 0 Å². The zero-order chi connectivity index (χ0) is 11.5. The molecule has 1 fully saturated rings. The van der Waals surface area contributed by atoms with Crippen LogP contribution in [0.25, 0.3) is 0 Å². The molecule has 0 saturated heterocycles. The predicted octanol–water partition coefficient (Wildman–Crippen LogP) is 1.95. The second kappa shape index (κ2) is 5.10. The van der Waals surface area contributed by atoms with Gasteiger partial charge in [-0.1, -0.05) is 0 Å². The van der Waals surface area contributed by atoms with Gasteiger partial charge < -0.3 is 10.6 Å². The van der Waals surface area contributed by atoms with E-state index in [0.29, 0.717) is 12.1 Å². The summed E-state index contributed by atoms with van der Waals surface area (Å²) in [4.78, 5) is 10.5. The van der Waals surface area contributed by atoms with E-state index in [1.165, 1.54) is 0 Å². The third kappa shape index (κ3) is 2.52. The normalized spacial score (nSPS) is 25.4. The smallest absolute Gasteiger partial charge is 0.146 e. The highest BCUT2D eigenvalue weighted by molar-refractivity contribution is 9.10. The van der Waals surface area contributed by atoms with Gasteiger partial charge in [-0.25, -0.2) is 9.97 Å². The molecule has 1 aliphatic rings. The molecular weight excluding hydrogens is 268 g/mol. The predicted molar refractivity (Wildman–Crippen MR) is 68.4 cm³/mol. The maximum absolute atomic E-state index is 5.91. The van der Waals surface area contributed by atoms with Crippen molar-refractivity contribution in [3.63, 3.8) is 0 Å². The Labute approximate surface area is 104 Å². The maximum Gasteiger partial charge on any atom is 0.146 e. The standard InChI is InChI=1S/C11H17BrN4/c1-16(9-4-2-8(13)3-5-9)11-10(12)6-14-7-15-11/h6-9H,2-5,13H2,1H3. The van der Waals surface area contributed by atoms with Gasteiger partial charge in [0.25, 0.3) is 0 Å². The van der Waals surface area contributed by atoms with Crippen LogP contribution in [0.2, 0.25) is 0 Å². The van der Waals surface area contributed by atoms with Gasteiger partial charge in [0.15, 0.2) is 0 Å². The summed E-state index contributed by atoms with van der Waals surface area (Å²) in [6.07, 6.45) is 7.89. The summed E-state index contributed by atoms with van der Waals surface area (Å²) >= 11 is 3.48. The number of halogens is 1. The molecule has 4 nitrogen and oxygen atoms in total. The van der Waals surface area contributed by atoms with Gasteiger partial charge in [0.1, 0.15) is 12.1 Å². The Kier molecular flexibility index (Phi) is 3.76. The van der Waals surface area contributed by atoms with Crippen LogP contribution in [0, 0.1) is 0 Å². The van der Waals surface area contributed by atoms with Gasteiger partial charge >= 0.3 is 0 Å². The molecule has 0 spiro atoms. The van der Waals surface area contributed by atoms with Crippen molar-refractivity contribution < 1.29 is 0 Å². The fourth-order valence-corrected chi connectivity index (χ4v) is 2.73. The highest BCUT2D eigenvalue weighted by atomic mass is 79.9. The fourth-order valence-electron chi connectivity index (χ4n) is 2.23. The lowest BCUT2D eigenvalue weighted by Crippen LogP contribution is -2.39. The van der Waals surface area contributed by atoms with E-state index in [0.717, 1.165) is 36.0 Å². The van der Waals surface area contributed by atoms with Crippen molar-refractivity contribution in [2.45, 2.75) is 37.8 Å². The second-order valence-corrected chi connectivity index (χ2v) is 5.23. The molecule has 0 aliphatic heterocycles. The van der Waals surface area contributed by atoms with Crippen molar-refractivity contribution >= 4 is 21.7 Å². The monoisotopic (exact) mass is 284 g/mol. The van der Waals surface area contributed by atoms with Gasteiger partial charge in [-0.3, -0.25) is 0 Å². The first-order valence-corrected chi connectivity index (χ1v) is 6.41. The quantitative estimate of drug-likeness (QED) is 0.902. The van der Waals surface area contributed by atoms with E-state index in [9.17, 15) is 0 Å². The maximum atomic E-state index is 5.91. The average molecular weight is 285 g/mol. The zero-order valence-corrected chi connectivity index (χ0v) is 11.0. The van der Waals surface area contributed by atoms with Gasteiger partial charge in [0.05, 0.1) is 4.47 Å². The van der Waals surface area contributed by atoms with Crippen LogP contribution in [-0.4, -0.2) is 29.1 Å². The van der Waals surface area contributed by atoms with E-state index in [1.54, 1.807) is 12.5 Å². The summed E-state index contributed by atoms with van der Waals surface area (Å²) in [6.45, 7) is 0. The minimum Gasteiger partial charge on any atom is -0.356 e. The van der Waals surface area contributed by atoms with Gasteiger partial charge in [-0.15, -0.1) is 0 Å². The van der Waals surface area contributed by atoms with Crippen molar-refractivity contribution in [1.82, 2.24) is 9.97 Å². The van der Waals surface area contributed by atoms with Crippen LogP contribution in [0.1, 0.15) is 25.7 Å². The Balaban J connectivity index is 2.07. The molecule has 0 bridgehead atoms. The lowest BCUT2D eigenvalue weighted by Gasteiger charge is -2.34. The largest absolute Gasteiger partial charge is 0.356 e. The molecule has 0 aromatic carbocycles. The zero-order valence-electron chi connectivity index (χ0n) is 9.43. The summed E-state index contributed by atoms with van der Waals surface area (Å²) < 4.78 is 0.951. The van der Waals surface area contributed by atoms with Gasteiger partial charge in [-0.2, -0.15) is 0 Å². The van der Waals surface area contributed by atoms with Crippen molar-refractivity contribution in [3.05, 3.63) is 17.0 Å². The Bertz CT molecular complexity index is 350. The van der Waals surface area contributed by atoms with Crippen LogP contribution in [0.4, 0.5) is 5.82 Å².